The minimum atomic E-state index is -3.06. The highest BCUT2D eigenvalue weighted by Crippen LogP contribution is 2.50. The average molecular weight is 1800 g/mol. The van der Waals surface area contributed by atoms with Crippen LogP contribution in [0, 0.1) is 47.4 Å². The minimum Gasteiger partial charge on any atom is -0.495 e. The van der Waals surface area contributed by atoms with Crippen molar-refractivity contribution < 1.29 is 70.0 Å². The van der Waals surface area contributed by atoms with E-state index in [1.807, 2.05) is 30.3 Å². The fraction of sp³-hybridized carbons (Fsp3) is 0.543. The SMILES string of the molecule is COc1ccc2c(c1C#CCO[C@@H]1CCN(C[C@H]3CC[C@H](n4cc(NC(=O)c5cnn6ccc(N7C[C@H]8C[C@@H]7C(C7C[C@@H](CN9CCC(OCC#Cc%10cccc%11c%10n(C%10CC%10)c(=O)n%11C%10CCC(=O)NC%10=O)CC9)CC[C@@H]7n7cc(NC(=O)c9cnn%10ccc(N%11C[C@H]%12C[C@@H]%11CO%12)nc9%10)c(C(F)F)n7)O8)nc56)c(C(F)F)n4)CC3)C[C@H]1C)n(C)c(=O)n2C1CCC(=O)NC1=O. The van der Waals surface area contributed by atoms with Crippen molar-refractivity contribution in [2.24, 2.45) is 30.7 Å². The largest absolute Gasteiger partial charge is 0.495 e. The van der Waals surface area contributed by atoms with Gasteiger partial charge in [-0.2, -0.15) is 20.4 Å². The highest BCUT2D eigenvalue weighted by atomic mass is 19.3. The number of benzene rings is 2. The van der Waals surface area contributed by atoms with Crippen molar-refractivity contribution in [3.63, 3.8) is 0 Å². The molecule has 4 unspecified atom stereocenters. The Kier molecular flexibility index (Phi) is 23.0. The second-order valence-corrected chi connectivity index (χ2v) is 37.2. The summed E-state index contributed by atoms with van der Waals surface area (Å²) in [6.45, 7) is 8.91. The van der Waals surface area contributed by atoms with Crippen molar-refractivity contribution in [3.8, 4) is 29.4 Å². The number of alkyl halides is 4. The van der Waals surface area contributed by atoms with Crippen molar-refractivity contribution in [1.82, 2.24) is 87.5 Å². The molecule has 686 valence electrons. The molecule has 3 aliphatic carbocycles. The number of fused-ring (bicyclic) bond motifs is 8. The zero-order chi connectivity index (χ0) is 89.9. The zero-order valence-electron chi connectivity index (χ0n) is 72.8. The third-order valence-electron chi connectivity index (χ3n) is 29.1. The van der Waals surface area contributed by atoms with Crippen LogP contribution in [0.2, 0.25) is 0 Å². The van der Waals surface area contributed by atoms with E-state index in [0.29, 0.717) is 108 Å². The maximum Gasteiger partial charge on any atom is 0.330 e. The van der Waals surface area contributed by atoms with Gasteiger partial charge in [-0.05, 0) is 157 Å². The van der Waals surface area contributed by atoms with E-state index in [9.17, 15) is 38.4 Å². The van der Waals surface area contributed by atoms with Crippen LogP contribution in [0.4, 0.5) is 40.6 Å². The van der Waals surface area contributed by atoms with Gasteiger partial charge in [0.2, 0.25) is 23.6 Å². The predicted octanol–water partition coefficient (Wildman–Crippen LogP) is 8.64. The molecular formula is C92H102F4N22O13. The van der Waals surface area contributed by atoms with Gasteiger partial charge in [0.05, 0.1) is 125 Å². The quantitative estimate of drug-likeness (QED) is 0.0264. The number of carbonyl (C=O) groups is 6. The maximum absolute atomic E-state index is 15.6. The molecule has 39 heteroatoms. The van der Waals surface area contributed by atoms with Crippen LogP contribution in [0.15, 0.2) is 89.2 Å². The van der Waals surface area contributed by atoms with Gasteiger partial charge in [0.15, 0.2) is 22.7 Å². The van der Waals surface area contributed by atoms with Gasteiger partial charge in [-0.1, -0.05) is 36.7 Å². The van der Waals surface area contributed by atoms with Crippen LogP contribution < -0.4 is 47.2 Å². The molecule has 4 N–H and O–H groups in total. The van der Waals surface area contributed by atoms with E-state index in [2.05, 4.69) is 91.9 Å². The Morgan fingerprint density at radius 1 is 0.595 bits per heavy atom. The highest BCUT2D eigenvalue weighted by molar-refractivity contribution is 6.09. The summed E-state index contributed by atoms with van der Waals surface area (Å²) < 4.78 is 105. The molecule has 11 fully saturated rings. The first-order chi connectivity index (χ1) is 63.6. The Morgan fingerprint density at radius 3 is 1.84 bits per heavy atom. The average Bonchev–Trinajstić information content (AvgIpc) is 1.60. The first kappa shape index (κ1) is 85.6. The van der Waals surface area contributed by atoms with Crippen LogP contribution in [0.1, 0.15) is 209 Å². The number of ether oxygens (including phenoxy) is 5. The molecule has 6 amide bonds. The van der Waals surface area contributed by atoms with Crippen LogP contribution in [0.25, 0.3) is 33.4 Å². The van der Waals surface area contributed by atoms with E-state index in [1.54, 1.807) is 45.5 Å². The Hall–Kier alpha value is -12.1. The van der Waals surface area contributed by atoms with Gasteiger partial charge in [0.25, 0.3) is 24.7 Å². The number of carbonyl (C=O) groups excluding carboxylic acids is 6. The number of amides is 6. The molecule has 0 radical (unpaired) electrons. The van der Waals surface area contributed by atoms with Crippen LogP contribution >= 0.6 is 0 Å². The number of nitrogens with one attached hydrogen (secondary N) is 4. The fourth-order valence-electron chi connectivity index (χ4n) is 22.5. The number of hydrogen-bond acceptors (Lipinski definition) is 23. The maximum atomic E-state index is 15.6. The van der Waals surface area contributed by atoms with Crippen LogP contribution in [0.5, 0.6) is 5.75 Å². The number of hydrogen-bond donors (Lipinski definition) is 4. The molecule has 8 saturated heterocycles. The molecule has 11 aliphatic rings. The molecule has 12 atom stereocenters. The van der Waals surface area contributed by atoms with Crippen LogP contribution in [0.3, 0.4) is 0 Å². The van der Waals surface area contributed by atoms with E-state index < -0.39 is 77.8 Å². The van der Waals surface area contributed by atoms with Gasteiger partial charge >= 0.3 is 11.4 Å². The molecular weight excluding hydrogens is 1700 g/mol. The predicted molar refractivity (Wildman–Crippen MR) is 467 cm³/mol. The monoisotopic (exact) mass is 1800 g/mol. The third-order valence-corrected chi connectivity index (χ3v) is 29.1. The number of anilines is 4. The molecule has 2 aromatic carbocycles. The summed E-state index contributed by atoms with van der Waals surface area (Å²) in [5.74, 6) is 11.8. The number of rotatable bonds is 23. The smallest absolute Gasteiger partial charge is 0.330 e. The molecule has 10 aromatic rings. The molecule has 8 aliphatic heterocycles. The number of likely N-dealkylation sites (tertiary alicyclic amines) is 2. The zero-order valence-corrected chi connectivity index (χ0v) is 72.8. The van der Waals surface area contributed by atoms with E-state index in [4.69, 9.17) is 33.7 Å². The van der Waals surface area contributed by atoms with Crippen molar-refractivity contribution in [2.75, 3.05) is 99.7 Å². The Bertz CT molecular complexity index is 6440. The number of imide groups is 2. The summed E-state index contributed by atoms with van der Waals surface area (Å²) in [6.07, 6.45) is 13.5. The second kappa shape index (κ2) is 35.2. The summed E-state index contributed by atoms with van der Waals surface area (Å²) >= 11 is 0. The number of piperidine rings is 4. The van der Waals surface area contributed by atoms with Crippen molar-refractivity contribution in [2.45, 2.75) is 208 Å². The molecule has 131 heavy (non-hydrogen) atoms. The first-order valence-electron chi connectivity index (χ1n) is 45.8. The van der Waals surface area contributed by atoms with Gasteiger partial charge in [-0.15, -0.1) is 0 Å². The van der Waals surface area contributed by atoms with Gasteiger partial charge < -0.3 is 53.9 Å². The fourth-order valence-corrected chi connectivity index (χ4v) is 22.5. The van der Waals surface area contributed by atoms with E-state index in [1.165, 1.54) is 54.6 Å². The first-order valence-corrected chi connectivity index (χ1v) is 45.8. The lowest BCUT2D eigenvalue weighted by Gasteiger charge is -2.45. The second-order valence-electron chi connectivity index (χ2n) is 37.2. The lowest BCUT2D eigenvalue weighted by molar-refractivity contribution is -0.137. The third kappa shape index (κ3) is 16.4. The molecule has 3 saturated carbocycles. The molecule has 16 heterocycles. The van der Waals surface area contributed by atoms with Crippen molar-refractivity contribution in [3.05, 3.63) is 134 Å². The number of aryl methyl sites for hydroxylation is 1. The molecule has 8 aromatic heterocycles. The molecule has 4 bridgehead atoms. The Balaban J connectivity index is 0.471. The number of aromatic nitrogens is 14. The Morgan fingerprint density at radius 2 is 1.21 bits per heavy atom. The molecule has 21 rings (SSSR count). The van der Waals surface area contributed by atoms with E-state index >= 15 is 17.6 Å². The summed E-state index contributed by atoms with van der Waals surface area (Å²) in [5.41, 5.74) is 1.95. The number of para-hydroxylation sites is 1. The number of morpholine rings is 2. The molecule has 0 spiro atoms. The van der Waals surface area contributed by atoms with Gasteiger partial charge in [0.1, 0.15) is 53.8 Å². The summed E-state index contributed by atoms with van der Waals surface area (Å²) in [4.78, 5) is 126. The van der Waals surface area contributed by atoms with Gasteiger partial charge in [-0.25, -0.2) is 46.1 Å². The van der Waals surface area contributed by atoms with E-state index in [0.717, 1.165) is 97.1 Å². The van der Waals surface area contributed by atoms with E-state index in [-0.39, 0.29) is 157 Å². The van der Waals surface area contributed by atoms with Crippen LogP contribution in [-0.4, -0.2) is 234 Å². The summed E-state index contributed by atoms with van der Waals surface area (Å²) in [7, 11) is 3.14. The van der Waals surface area contributed by atoms with Crippen molar-refractivity contribution in [1.29, 1.82) is 0 Å². The number of halogens is 4. The summed E-state index contributed by atoms with van der Waals surface area (Å²) in [6, 6.07) is 10.2. The van der Waals surface area contributed by atoms with Gasteiger partial charge in [-0.3, -0.25) is 67.0 Å². The number of nitrogens with zero attached hydrogens (tertiary/aromatic N) is 18. The summed E-state index contributed by atoms with van der Waals surface area (Å²) in [5, 5.41) is 28.2. The van der Waals surface area contributed by atoms with Crippen LogP contribution in [-0.2, 0) is 45.2 Å². The highest BCUT2D eigenvalue weighted by Gasteiger charge is 2.54. The van der Waals surface area contributed by atoms with Gasteiger partial charge in [0, 0.05) is 109 Å². The Labute approximate surface area is 748 Å². The topological polar surface area (TPSA) is 360 Å². The number of imidazole rings is 2. The molecule has 35 nitrogen and oxygen atoms in total. The normalized spacial score (nSPS) is 26.7. The minimum absolute atomic E-state index is 0.00252. The standard InChI is InChI=1S/C92H102F4N22O13/c1-50-42-109(32-27-72(50)129-36-6-9-60-73(127-3)22-19-68-81(60)107(2)91(125)117(68)69-20-23-76(119)103-89(69)123)43-51-11-14-54(15-12-51)114-47-64(78(105-114)83(93)94)99-87(121)63-41-98-113-34-29-75(102-86(63)113)111-46-59-39-71(111)82(131-59)61-37-52(13-18-66(61)115-48-65(79(106-115)84(95)96)100-88(122)62-40-97-112-33-28-74(101-85(62)112)110-45-58-38-56(110)49-130-58)44-108-30-25-57(26-31-108)128-35-5-8-53-7-4-10-67-80(53)116(55-16-17-55)92(126)118(67)70-21-24-77(120)104-90(70)124/h4,7,10,19,22,28-29,33-34,40-41,47-48,50-52,54-59,61,66,69-72,82-84H,11-18,20-21,23-27,30-32,35-39,42-46,49H2,1-3H3,(H,99,121)(H,100,122)(H,103,119,123)(H,104,120,124)/t50-,51-,52+,54-,56-,58-,59-,61?,66+,69?,70?,71-,72-,82?/m1/s1. The lowest BCUT2D eigenvalue weighted by Crippen LogP contribution is -2.51. The van der Waals surface area contributed by atoms with Crippen molar-refractivity contribution >= 4 is 91.8 Å². The number of methoxy groups -OCH3 is 1. The lowest BCUT2D eigenvalue weighted by atomic mass is 9.73.